The number of carbonyl (C=O) groups excluding carboxylic acids is 2. The number of rotatable bonds is 3. The van der Waals surface area contributed by atoms with Crippen molar-refractivity contribution in [1.82, 2.24) is 0 Å². The lowest BCUT2D eigenvalue weighted by atomic mass is 9.73. The molecule has 1 aliphatic heterocycles. The summed E-state index contributed by atoms with van der Waals surface area (Å²) in [5.74, 6) is -0.325. The molecule has 3 aromatic carbocycles. The van der Waals surface area contributed by atoms with Gasteiger partial charge in [0.1, 0.15) is 5.82 Å². The molecule has 0 spiro atoms. The van der Waals surface area contributed by atoms with Crippen molar-refractivity contribution in [3.05, 3.63) is 107 Å². The predicted molar refractivity (Wildman–Crippen MR) is 128 cm³/mol. The van der Waals surface area contributed by atoms with E-state index in [4.69, 9.17) is 0 Å². The second-order valence-corrected chi connectivity index (χ2v) is 9.54. The lowest BCUT2D eigenvalue weighted by Crippen LogP contribution is -2.31. The number of allylic oxidation sites excluding steroid dienone is 1. The van der Waals surface area contributed by atoms with Crippen LogP contribution in [0.4, 0.5) is 15.8 Å². The van der Waals surface area contributed by atoms with Crippen LogP contribution in [0.5, 0.6) is 0 Å². The highest BCUT2D eigenvalue weighted by molar-refractivity contribution is 6.10. The van der Waals surface area contributed by atoms with Crippen LogP contribution in [-0.2, 0) is 4.79 Å². The third kappa shape index (κ3) is 4.07. The largest absolute Gasteiger partial charge is 0.372 e. The summed E-state index contributed by atoms with van der Waals surface area (Å²) in [6, 6.07) is 20.4. The predicted octanol–water partition coefficient (Wildman–Crippen LogP) is 6.28. The molecule has 166 valence electrons. The van der Waals surface area contributed by atoms with Crippen LogP contribution >= 0.6 is 0 Å². The van der Waals surface area contributed by atoms with Gasteiger partial charge in [0, 0.05) is 28.8 Å². The third-order valence-electron chi connectivity index (χ3n) is 6.32. The van der Waals surface area contributed by atoms with Gasteiger partial charge in [-0.05, 0) is 47.7 Å². The van der Waals surface area contributed by atoms with E-state index in [1.165, 1.54) is 12.1 Å². The van der Waals surface area contributed by atoms with E-state index < -0.39 is 6.04 Å². The normalized spacial score (nSPS) is 19.0. The zero-order valence-corrected chi connectivity index (χ0v) is 18.6. The summed E-state index contributed by atoms with van der Waals surface area (Å²) in [6.07, 6.45) is 1.17. The van der Waals surface area contributed by atoms with Crippen molar-refractivity contribution < 1.29 is 14.0 Å². The molecule has 0 amide bonds. The number of nitrogens with one attached hydrogen (secondary N) is 2. The van der Waals surface area contributed by atoms with Gasteiger partial charge in [0.2, 0.25) is 0 Å². The van der Waals surface area contributed by atoms with E-state index in [-0.39, 0.29) is 22.8 Å². The molecule has 3 aromatic rings. The molecule has 5 heteroatoms. The Hall–Kier alpha value is -3.73. The van der Waals surface area contributed by atoms with Crippen LogP contribution < -0.4 is 10.6 Å². The van der Waals surface area contributed by atoms with Crippen molar-refractivity contribution in [2.75, 3.05) is 10.6 Å². The third-order valence-corrected chi connectivity index (χ3v) is 6.32. The molecule has 2 N–H and O–H groups in total. The molecule has 0 unspecified atom stereocenters. The number of hydrogen-bond donors (Lipinski definition) is 2. The maximum absolute atomic E-state index is 13.6. The topological polar surface area (TPSA) is 58.2 Å². The quantitative estimate of drug-likeness (QED) is 0.471. The smallest absolute Gasteiger partial charge is 0.193 e. The number of ketones is 2. The van der Waals surface area contributed by atoms with E-state index in [1.807, 2.05) is 30.3 Å². The Kier molecular flexibility index (Phi) is 5.12. The van der Waals surface area contributed by atoms with Gasteiger partial charge in [-0.1, -0.05) is 56.3 Å². The second-order valence-electron chi connectivity index (χ2n) is 9.54. The molecular formula is C28H25FN2O2. The lowest BCUT2D eigenvalue weighted by molar-refractivity contribution is -0.118. The molecule has 0 bridgehead atoms. The molecule has 1 aliphatic carbocycles. The zero-order valence-electron chi connectivity index (χ0n) is 18.6. The summed E-state index contributed by atoms with van der Waals surface area (Å²) < 4.78 is 13.6. The fourth-order valence-electron chi connectivity index (χ4n) is 4.75. The number of halogens is 1. The minimum atomic E-state index is -0.444. The summed E-state index contributed by atoms with van der Waals surface area (Å²) in [5.41, 5.74) is 4.89. The summed E-state index contributed by atoms with van der Waals surface area (Å²) in [7, 11) is 0. The summed E-state index contributed by atoms with van der Waals surface area (Å²) >= 11 is 0. The standard InChI is InChI=1S/C28H25FN2O2/c1-28(2)15-23-25(24(32)16-28)26(17-8-11-20(29)12-9-17)31-22-14-19(10-13-21(22)30-23)27(33)18-6-4-3-5-7-18/h3-14,26,30-31H,15-16H2,1-2H3/t26-/m0/s1. The van der Waals surface area contributed by atoms with E-state index in [2.05, 4.69) is 24.5 Å². The maximum Gasteiger partial charge on any atom is 0.193 e. The molecule has 4 nitrogen and oxygen atoms in total. The van der Waals surface area contributed by atoms with E-state index in [0.717, 1.165) is 29.1 Å². The monoisotopic (exact) mass is 440 g/mol. The van der Waals surface area contributed by atoms with Crippen LogP contribution in [0.15, 0.2) is 84.1 Å². The van der Waals surface area contributed by atoms with Crippen LogP contribution in [0.2, 0.25) is 0 Å². The highest BCUT2D eigenvalue weighted by Gasteiger charge is 2.38. The Morgan fingerprint density at radius 2 is 1.64 bits per heavy atom. The summed E-state index contributed by atoms with van der Waals surface area (Å²) in [5, 5.41) is 6.96. The van der Waals surface area contributed by atoms with E-state index in [0.29, 0.717) is 23.1 Å². The van der Waals surface area contributed by atoms with Gasteiger partial charge < -0.3 is 10.6 Å². The minimum absolute atomic E-state index is 0.0716. The van der Waals surface area contributed by atoms with Crippen molar-refractivity contribution in [3.63, 3.8) is 0 Å². The van der Waals surface area contributed by atoms with E-state index in [1.54, 1.807) is 30.3 Å². The molecule has 0 radical (unpaired) electrons. The van der Waals surface area contributed by atoms with Gasteiger partial charge in [0.05, 0.1) is 17.4 Å². The molecular weight excluding hydrogens is 415 g/mol. The first-order chi connectivity index (χ1) is 15.8. The lowest BCUT2D eigenvalue weighted by Gasteiger charge is -2.34. The Morgan fingerprint density at radius 1 is 0.909 bits per heavy atom. The van der Waals surface area contributed by atoms with Crippen molar-refractivity contribution in [1.29, 1.82) is 0 Å². The van der Waals surface area contributed by atoms with Gasteiger partial charge >= 0.3 is 0 Å². The van der Waals surface area contributed by atoms with Gasteiger partial charge in [-0.15, -0.1) is 0 Å². The second kappa shape index (κ2) is 8.00. The average Bonchev–Trinajstić information content (AvgIpc) is 2.95. The molecule has 0 fully saturated rings. The minimum Gasteiger partial charge on any atom is -0.372 e. The van der Waals surface area contributed by atoms with Crippen LogP contribution in [0.25, 0.3) is 0 Å². The van der Waals surface area contributed by atoms with Crippen molar-refractivity contribution in [2.24, 2.45) is 5.41 Å². The van der Waals surface area contributed by atoms with Crippen molar-refractivity contribution >= 4 is 22.9 Å². The molecule has 2 aliphatic rings. The fraction of sp³-hybridized carbons (Fsp3) is 0.214. The first-order valence-electron chi connectivity index (χ1n) is 11.1. The number of Topliss-reactive ketones (excluding diaryl/α,β-unsaturated/α-hetero) is 1. The molecule has 0 aromatic heterocycles. The van der Waals surface area contributed by atoms with Crippen LogP contribution in [0, 0.1) is 11.2 Å². The number of fused-ring (bicyclic) bond motifs is 1. The van der Waals surface area contributed by atoms with Crippen LogP contribution in [0.3, 0.4) is 0 Å². The van der Waals surface area contributed by atoms with Crippen molar-refractivity contribution in [3.8, 4) is 0 Å². The highest BCUT2D eigenvalue weighted by atomic mass is 19.1. The van der Waals surface area contributed by atoms with Gasteiger partial charge in [-0.25, -0.2) is 4.39 Å². The van der Waals surface area contributed by atoms with Gasteiger partial charge in [-0.2, -0.15) is 0 Å². The Balaban J connectivity index is 1.60. The van der Waals surface area contributed by atoms with Crippen LogP contribution in [0.1, 0.15) is 54.2 Å². The Bertz CT molecular complexity index is 1280. The molecule has 0 saturated heterocycles. The molecule has 1 heterocycles. The Labute approximate surface area is 192 Å². The SMILES string of the molecule is CC1(C)CC(=O)C2=C(C1)Nc1ccc(C(=O)c3ccccc3)cc1N[C@H]2c1ccc(F)cc1. The first kappa shape index (κ1) is 21.1. The zero-order chi connectivity index (χ0) is 23.2. The van der Waals surface area contributed by atoms with E-state index >= 15 is 0 Å². The number of anilines is 2. The number of carbonyl (C=O) groups is 2. The van der Waals surface area contributed by atoms with Gasteiger partial charge in [-0.3, -0.25) is 9.59 Å². The number of benzene rings is 3. The van der Waals surface area contributed by atoms with Gasteiger partial charge in [0.25, 0.3) is 0 Å². The van der Waals surface area contributed by atoms with Crippen molar-refractivity contribution in [2.45, 2.75) is 32.7 Å². The molecule has 1 atom stereocenters. The highest BCUT2D eigenvalue weighted by Crippen LogP contribution is 2.45. The maximum atomic E-state index is 13.6. The average molecular weight is 441 g/mol. The molecule has 0 saturated carbocycles. The van der Waals surface area contributed by atoms with Crippen LogP contribution in [-0.4, -0.2) is 11.6 Å². The number of hydrogen-bond acceptors (Lipinski definition) is 4. The summed E-state index contributed by atoms with van der Waals surface area (Å²) in [6.45, 7) is 4.17. The Morgan fingerprint density at radius 3 is 2.36 bits per heavy atom. The molecule has 33 heavy (non-hydrogen) atoms. The summed E-state index contributed by atoms with van der Waals surface area (Å²) in [4.78, 5) is 26.3. The molecule has 5 rings (SSSR count). The first-order valence-corrected chi connectivity index (χ1v) is 11.1. The van der Waals surface area contributed by atoms with E-state index in [9.17, 15) is 14.0 Å². The fourth-order valence-corrected chi connectivity index (χ4v) is 4.75. The van der Waals surface area contributed by atoms with Gasteiger partial charge in [0.15, 0.2) is 11.6 Å².